The van der Waals surface area contributed by atoms with E-state index in [-0.39, 0.29) is 36.2 Å². The van der Waals surface area contributed by atoms with Crippen LogP contribution in [0.3, 0.4) is 0 Å². The summed E-state index contributed by atoms with van der Waals surface area (Å²) in [5, 5.41) is 17.2. The van der Waals surface area contributed by atoms with E-state index in [1.54, 1.807) is 42.7 Å². The third kappa shape index (κ3) is 6.46. The van der Waals surface area contributed by atoms with Gasteiger partial charge in [0.25, 0.3) is 11.8 Å². The van der Waals surface area contributed by atoms with Crippen LogP contribution in [0.15, 0.2) is 60.2 Å². The van der Waals surface area contributed by atoms with Crippen molar-refractivity contribution in [1.29, 1.82) is 0 Å². The van der Waals surface area contributed by atoms with Crippen molar-refractivity contribution in [2.75, 3.05) is 23.3 Å². The number of aliphatic carboxylic acids is 1. The molecular weight excluding hydrogens is 554 g/mol. The van der Waals surface area contributed by atoms with Crippen LogP contribution >= 0.6 is 11.3 Å². The van der Waals surface area contributed by atoms with Crippen LogP contribution in [-0.2, 0) is 9.59 Å². The van der Waals surface area contributed by atoms with Crippen molar-refractivity contribution in [1.82, 2.24) is 15.2 Å². The molecule has 3 unspecified atom stereocenters. The molecule has 3 heterocycles. The summed E-state index contributed by atoms with van der Waals surface area (Å²) in [4.78, 5) is 60.0. The third-order valence-electron chi connectivity index (χ3n) is 8.03. The van der Waals surface area contributed by atoms with E-state index in [1.807, 2.05) is 36.3 Å². The molecule has 5 rings (SSSR count). The SMILES string of the molecule is CC1CN(c2ccc(C(=O)NC(CC(=O)O)c3cccs3)cc2NC(=O)C2CCC2)C(C)CN1C(=O)c1cccnc1. The molecule has 3 N–H and O–H groups in total. The standard InChI is InChI=1S/C31H35N5O5S/c1-19-18-36(31(41)23-8-4-12-32-16-23)20(2)17-35(19)26-11-10-22(14-24(26)33-29(39)21-6-3-7-21)30(40)34-25(15-28(37)38)27-9-5-13-42-27/h4-5,8-14,16,19-21,25H,3,6-7,15,17-18H2,1-2H3,(H,33,39)(H,34,40)(H,37,38). The molecule has 0 bridgehead atoms. The Morgan fingerprint density at radius 2 is 1.86 bits per heavy atom. The van der Waals surface area contributed by atoms with E-state index < -0.39 is 17.9 Å². The number of carboxylic acids is 1. The van der Waals surface area contributed by atoms with Gasteiger partial charge in [-0.3, -0.25) is 24.2 Å². The Morgan fingerprint density at radius 1 is 1.05 bits per heavy atom. The van der Waals surface area contributed by atoms with Gasteiger partial charge in [-0.05, 0) is 68.5 Å². The second-order valence-corrected chi connectivity index (χ2v) is 12.0. The predicted molar refractivity (Wildman–Crippen MR) is 161 cm³/mol. The van der Waals surface area contributed by atoms with Crippen molar-refractivity contribution in [3.05, 3.63) is 76.2 Å². The normalized spacial score (nSPS) is 19.5. The first-order chi connectivity index (χ1) is 20.2. The maximum absolute atomic E-state index is 13.4. The minimum absolute atomic E-state index is 0.0561. The fourth-order valence-electron chi connectivity index (χ4n) is 5.46. The molecule has 42 heavy (non-hydrogen) atoms. The van der Waals surface area contributed by atoms with Gasteiger partial charge in [0.2, 0.25) is 5.91 Å². The second kappa shape index (κ2) is 12.7. The van der Waals surface area contributed by atoms with Crippen LogP contribution in [0.1, 0.15) is 71.2 Å². The van der Waals surface area contributed by atoms with Crippen molar-refractivity contribution in [3.8, 4) is 0 Å². The molecule has 3 amide bonds. The largest absolute Gasteiger partial charge is 0.481 e. The maximum Gasteiger partial charge on any atom is 0.305 e. The molecule has 220 valence electrons. The number of pyridine rings is 1. The van der Waals surface area contributed by atoms with E-state index in [9.17, 15) is 24.3 Å². The van der Waals surface area contributed by atoms with Gasteiger partial charge in [0, 0.05) is 53.9 Å². The Bertz CT molecular complexity index is 1440. The number of hydrogen-bond donors (Lipinski definition) is 3. The molecule has 11 heteroatoms. The monoisotopic (exact) mass is 589 g/mol. The Balaban J connectivity index is 1.39. The number of carboxylic acid groups (broad SMARTS) is 1. The summed E-state index contributed by atoms with van der Waals surface area (Å²) in [7, 11) is 0. The highest BCUT2D eigenvalue weighted by Gasteiger charge is 2.34. The van der Waals surface area contributed by atoms with E-state index in [2.05, 4.69) is 20.5 Å². The van der Waals surface area contributed by atoms with Crippen LogP contribution in [-0.4, -0.2) is 63.9 Å². The van der Waals surface area contributed by atoms with E-state index >= 15 is 0 Å². The minimum Gasteiger partial charge on any atom is -0.481 e. The van der Waals surface area contributed by atoms with Crippen LogP contribution in [0, 0.1) is 5.92 Å². The van der Waals surface area contributed by atoms with Gasteiger partial charge in [0.1, 0.15) is 0 Å². The van der Waals surface area contributed by atoms with E-state index in [0.717, 1.165) is 29.8 Å². The zero-order valence-corrected chi connectivity index (χ0v) is 24.5. The van der Waals surface area contributed by atoms with E-state index in [1.165, 1.54) is 11.3 Å². The van der Waals surface area contributed by atoms with Crippen LogP contribution in [0.4, 0.5) is 11.4 Å². The lowest BCUT2D eigenvalue weighted by Gasteiger charge is -2.46. The highest BCUT2D eigenvalue weighted by atomic mass is 32.1. The Labute approximate surface area is 248 Å². The molecule has 1 aliphatic carbocycles. The van der Waals surface area contributed by atoms with E-state index in [0.29, 0.717) is 29.9 Å². The van der Waals surface area contributed by atoms with Gasteiger partial charge in [-0.1, -0.05) is 12.5 Å². The average Bonchev–Trinajstić information content (AvgIpc) is 3.48. The van der Waals surface area contributed by atoms with Crippen LogP contribution in [0.25, 0.3) is 0 Å². The molecule has 0 spiro atoms. The zero-order valence-electron chi connectivity index (χ0n) is 23.7. The average molecular weight is 590 g/mol. The number of nitrogens with zero attached hydrogens (tertiary/aromatic N) is 3. The molecule has 3 atom stereocenters. The second-order valence-electron chi connectivity index (χ2n) is 11.0. The van der Waals surface area contributed by atoms with Gasteiger partial charge in [-0.2, -0.15) is 0 Å². The number of rotatable bonds is 9. The summed E-state index contributed by atoms with van der Waals surface area (Å²) >= 11 is 1.38. The van der Waals surface area contributed by atoms with Gasteiger partial charge < -0.3 is 25.5 Å². The number of anilines is 2. The fraction of sp³-hybridized carbons (Fsp3) is 0.387. The number of hydrogen-bond acceptors (Lipinski definition) is 7. The number of amides is 3. The van der Waals surface area contributed by atoms with Crippen LogP contribution in [0.2, 0.25) is 0 Å². The molecule has 2 aliphatic rings. The number of aromatic nitrogens is 1. The van der Waals surface area contributed by atoms with Crippen molar-refractivity contribution in [2.45, 2.75) is 57.7 Å². The summed E-state index contributed by atoms with van der Waals surface area (Å²) in [6, 6.07) is 11.4. The van der Waals surface area contributed by atoms with Crippen LogP contribution in [0.5, 0.6) is 0 Å². The third-order valence-corrected chi connectivity index (χ3v) is 9.01. The molecule has 1 saturated carbocycles. The van der Waals surface area contributed by atoms with Crippen LogP contribution < -0.4 is 15.5 Å². The molecule has 1 saturated heterocycles. The summed E-state index contributed by atoms with van der Waals surface area (Å²) in [5.41, 5.74) is 2.15. The Kier molecular flexibility index (Phi) is 8.86. The summed E-state index contributed by atoms with van der Waals surface area (Å²) < 4.78 is 0. The quantitative estimate of drug-likeness (QED) is 0.333. The molecule has 10 nitrogen and oxygen atoms in total. The molecular formula is C31H35N5O5S. The van der Waals surface area contributed by atoms with Gasteiger partial charge in [0.15, 0.2) is 0 Å². The topological polar surface area (TPSA) is 132 Å². The van der Waals surface area contributed by atoms with E-state index in [4.69, 9.17) is 0 Å². The smallest absolute Gasteiger partial charge is 0.305 e. The Morgan fingerprint density at radius 3 is 2.50 bits per heavy atom. The molecule has 2 fully saturated rings. The van der Waals surface area contributed by atoms with Gasteiger partial charge in [-0.25, -0.2) is 0 Å². The lowest BCUT2D eigenvalue weighted by Crippen LogP contribution is -2.58. The number of thiophene rings is 1. The first-order valence-corrected chi connectivity index (χ1v) is 15.1. The number of carbonyl (C=O) groups excluding carboxylic acids is 3. The molecule has 2 aromatic heterocycles. The first kappa shape index (κ1) is 29.2. The van der Waals surface area contributed by atoms with Crippen molar-refractivity contribution in [2.24, 2.45) is 5.92 Å². The number of piperazine rings is 1. The van der Waals surface area contributed by atoms with Crippen molar-refractivity contribution in [3.63, 3.8) is 0 Å². The molecule has 3 aromatic rings. The Hall–Kier alpha value is -4.25. The molecule has 0 radical (unpaired) electrons. The van der Waals surface area contributed by atoms with Gasteiger partial charge in [-0.15, -0.1) is 11.3 Å². The highest BCUT2D eigenvalue weighted by Crippen LogP contribution is 2.35. The van der Waals surface area contributed by atoms with Gasteiger partial charge in [0.05, 0.1) is 29.4 Å². The van der Waals surface area contributed by atoms with Crippen molar-refractivity contribution >= 4 is 46.4 Å². The highest BCUT2D eigenvalue weighted by molar-refractivity contribution is 7.10. The summed E-state index contributed by atoms with van der Waals surface area (Å²) in [6.07, 6.45) is 5.65. The number of benzene rings is 1. The fourth-order valence-corrected chi connectivity index (χ4v) is 6.24. The molecule has 1 aromatic carbocycles. The number of carbonyl (C=O) groups is 4. The zero-order chi connectivity index (χ0) is 29.8. The lowest BCUT2D eigenvalue weighted by molar-refractivity contribution is -0.137. The van der Waals surface area contributed by atoms with Crippen molar-refractivity contribution < 1.29 is 24.3 Å². The summed E-state index contributed by atoms with van der Waals surface area (Å²) in [5.74, 6) is -1.64. The maximum atomic E-state index is 13.4. The summed E-state index contributed by atoms with van der Waals surface area (Å²) in [6.45, 7) is 5.04. The first-order valence-electron chi connectivity index (χ1n) is 14.2. The number of nitrogens with one attached hydrogen (secondary N) is 2. The predicted octanol–water partition coefficient (Wildman–Crippen LogP) is 4.57. The minimum atomic E-state index is -1.01. The van der Waals surface area contributed by atoms with Gasteiger partial charge >= 0.3 is 5.97 Å². The molecule has 1 aliphatic heterocycles. The lowest BCUT2D eigenvalue weighted by atomic mass is 9.85.